The first kappa shape index (κ1) is 15.4. The normalized spacial score (nSPS) is 22.5. The summed E-state index contributed by atoms with van der Waals surface area (Å²) >= 11 is 5.84. The Hall–Kier alpha value is -1.02. The number of nitrogens with one attached hydrogen (secondary N) is 1. The SMILES string of the molecule is CCCCC1CCC(C(=O)Nc2ccc(Cl)cc2)CC1. The number of benzene rings is 1. The van der Waals surface area contributed by atoms with E-state index in [0.717, 1.165) is 24.4 Å². The second-order valence-electron chi connectivity index (χ2n) is 5.86. The predicted molar refractivity (Wildman–Crippen MR) is 85.1 cm³/mol. The van der Waals surface area contributed by atoms with E-state index in [-0.39, 0.29) is 11.8 Å². The lowest BCUT2D eigenvalue weighted by Crippen LogP contribution is -2.27. The standard InChI is InChI=1S/C17H24ClNO/c1-2-3-4-13-5-7-14(8-6-13)17(20)19-16-11-9-15(18)10-12-16/h9-14H,2-8H2,1H3,(H,19,20). The summed E-state index contributed by atoms with van der Waals surface area (Å²) in [5.74, 6) is 1.19. The number of amides is 1. The van der Waals surface area contributed by atoms with Crippen LogP contribution in [0.4, 0.5) is 5.69 Å². The number of hydrogen-bond donors (Lipinski definition) is 1. The minimum atomic E-state index is 0.168. The zero-order chi connectivity index (χ0) is 14.4. The van der Waals surface area contributed by atoms with Crippen molar-refractivity contribution in [3.63, 3.8) is 0 Å². The molecule has 3 heteroatoms. The fourth-order valence-electron chi connectivity index (χ4n) is 2.98. The molecule has 0 aromatic heterocycles. The molecule has 1 aliphatic carbocycles. The van der Waals surface area contributed by atoms with Crippen molar-refractivity contribution in [2.24, 2.45) is 11.8 Å². The molecule has 1 amide bonds. The fraction of sp³-hybridized carbons (Fsp3) is 0.588. The van der Waals surface area contributed by atoms with Crippen LogP contribution in [-0.2, 0) is 4.79 Å². The lowest BCUT2D eigenvalue weighted by Gasteiger charge is -2.27. The van der Waals surface area contributed by atoms with Crippen LogP contribution in [0.5, 0.6) is 0 Å². The topological polar surface area (TPSA) is 29.1 Å². The molecule has 1 aromatic rings. The summed E-state index contributed by atoms with van der Waals surface area (Å²) < 4.78 is 0. The molecule has 1 saturated carbocycles. The Labute approximate surface area is 126 Å². The number of anilines is 1. The second kappa shape index (κ2) is 7.68. The van der Waals surface area contributed by atoms with Crippen molar-refractivity contribution in [1.82, 2.24) is 0 Å². The monoisotopic (exact) mass is 293 g/mol. The molecule has 1 N–H and O–H groups in total. The van der Waals surface area contributed by atoms with Crippen molar-refractivity contribution in [3.05, 3.63) is 29.3 Å². The van der Waals surface area contributed by atoms with Crippen LogP contribution < -0.4 is 5.32 Å². The maximum Gasteiger partial charge on any atom is 0.227 e. The zero-order valence-corrected chi connectivity index (χ0v) is 13.0. The van der Waals surface area contributed by atoms with E-state index in [1.165, 1.54) is 32.1 Å². The van der Waals surface area contributed by atoms with Crippen molar-refractivity contribution in [2.45, 2.75) is 51.9 Å². The number of unbranched alkanes of at least 4 members (excludes halogenated alkanes) is 1. The summed E-state index contributed by atoms with van der Waals surface area (Å²) in [4.78, 5) is 12.2. The van der Waals surface area contributed by atoms with Crippen molar-refractivity contribution < 1.29 is 4.79 Å². The van der Waals surface area contributed by atoms with Crippen LogP contribution in [0.15, 0.2) is 24.3 Å². The van der Waals surface area contributed by atoms with Gasteiger partial charge in [0.15, 0.2) is 0 Å². The first-order chi connectivity index (χ1) is 9.69. The van der Waals surface area contributed by atoms with Crippen LogP contribution in [0.2, 0.25) is 5.02 Å². The molecule has 0 saturated heterocycles. The lowest BCUT2D eigenvalue weighted by molar-refractivity contribution is -0.121. The molecule has 20 heavy (non-hydrogen) atoms. The Morgan fingerprint density at radius 2 is 1.85 bits per heavy atom. The van der Waals surface area contributed by atoms with Gasteiger partial charge in [-0.05, 0) is 55.9 Å². The molecule has 1 aliphatic rings. The van der Waals surface area contributed by atoms with Gasteiger partial charge in [-0.15, -0.1) is 0 Å². The Balaban J connectivity index is 1.78. The van der Waals surface area contributed by atoms with Crippen LogP contribution in [0.3, 0.4) is 0 Å². The maximum atomic E-state index is 12.2. The molecular formula is C17H24ClNO. The predicted octanol–water partition coefficient (Wildman–Crippen LogP) is 5.28. The Morgan fingerprint density at radius 3 is 2.45 bits per heavy atom. The molecule has 0 aliphatic heterocycles. The van der Waals surface area contributed by atoms with Gasteiger partial charge in [0.25, 0.3) is 0 Å². The molecule has 0 unspecified atom stereocenters. The highest BCUT2D eigenvalue weighted by Crippen LogP contribution is 2.32. The summed E-state index contributed by atoms with van der Waals surface area (Å²) in [5.41, 5.74) is 0.840. The summed E-state index contributed by atoms with van der Waals surface area (Å²) in [5, 5.41) is 3.69. The van der Waals surface area contributed by atoms with Gasteiger partial charge < -0.3 is 5.32 Å². The molecule has 0 bridgehead atoms. The highest BCUT2D eigenvalue weighted by atomic mass is 35.5. The Bertz CT molecular complexity index is 421. The van der Waals surface area contributed by atoms with E-state index in [2.05, 4.69) is 12.2 Å². The van der Waals surface area contributed by atoms with E-state index in [1.54, 1.807) is 12.1 Å². The second-order valence-corrected chi connectivity index (χ2v) is 6.29. The van der Waals surface area contributed by atoms with Gasteiger partial charge in [0.05, 0.1) is 0 Å². The smallest absolute Gasteiger partial charge is 0.227 e. The fourth-order valence-corrected chi connectivity index (χ4v) is 3.11. The van der Waals surface area contributed by atoms with Crippen LogP contribution in [-0.4, -0.2) is 5.91 Å². The summed E-state index contributed by atoms with van der Waals surface area (Å²) in [7, 11) is 0. The van der Waals surface area contributed by atoms with Gasteiger partial charge in [0.1, 0.15) is 0 Å². The molecule has 2 rings (SSSR count). The third-order valence-electron chi connectivity index (χ3n) is 4.30. The van der Waals surface area contributed by atoms with E-state index in [1.807, 2.05) is 12.1 Å². The number of carbonyl (C=O) groups excluding carboxylic acids is 1. The average molecular weight is 294 g/mol. The van der Waals surface area contributed by atoms with Crippen LogP contribution in [0.1, 0.15) is 51.9 Å². The number of halogens is 1. The van der Waals surface area contributed by atoms with Crippen molar-refractivity contribution in [1.29, 1.82) is 0 Å². The molecule has 1 aromatic carbocycles. The van der Waals surface area contributed by atoms with E-state index < -0.39 is 0 Å². The van der Waals surface area contributed by atoms with Crippen molar-refractivity contribution >= 4 is 23.2 Å². The molecule has 1 fully saturated rings. The third-order valence-corrected chi connectivity index (χ3v) is 4.55. The van der Waals surface area contributed by atoms with Crippen LogP contribution in [0, 0.1) is 11.8 Å². The zero-order valence-electron chi connectivity index (χ0n) is 12.2. The molecule has 110 valence electrons. The highest BCUT2D eigenvalue weighted by Gasteiger charge is 2.25. The first-order valence-corrected chi connectivity index (χ1v) is 8.13. The van der Waals surface area contributed by atoms with E-state index in [0.29, 0.717) is 5.02 Å². The first-order valence-electron chi connectivity index (χ1n) is 7.75. The average Bonchev–Trinajstić information content (AvgIpc) is 2.48. The van der Waals surface area contributed by atoms with Crippen molar-refractivity contribution in [2.75, 3.05) is 5.32 Å². The molecular weight excluding hydrogens is 270 g/mol. The number of hydrogen-bond acceptors (Lipinski definition) is 1. The molecule has 0 atom stereocenters. The molecule has 0 heterocycles. The summed E-state index contributed by atoms with van der Waals surface area (Å²) in [6.45, 7) is 2.24. The quantitative estimate of drug-likeness (QED) is 0.786. The van der Waals surface area contributed by atoms with E-state index in [9.17, 15) is 4.79 Å². The van der Waals surface area contributed by atoms with Gasteiger partial charge in [0.2, 0.25) is 5.91 Å². The Kier molecular flexibility index (Phi) is 5.90. The largest absolute Gasteiger partial charge is 0.326 e. The number of rotatable bonds is 5. The summed E-state index contributed by atoms with van der Waals surface area (Å²) in [6, 6.07) is 7.32. The van der Waals surface area contributed by atoms with Gasteiger partial charge in [-0.2, -0.15) is 0 Å². The minimum Gasteiger partial charge on any atom is -0.326 e. The van der Waals surface area contributed by atoms with Crippen LogP contribution in [0.25, 0.3) is 0 Å². The lowest BCUT2D eigenvalue weighted by atomic mass is 9.79. The van der Waals surface area contributed by atoms with Gasteiger partial charge in [0, 0.05) is 16.6 Å². The van der Waals surface area contributed by atoms with E-state index in [4.69, 9.17) is 11.6 Å². The highest BCUT2D eigenvalue weighted by molar-refractivity contribution is 6.30. The molecule has 2 nitrogen and oxygen atoms in total. The van der Waals surface area contributed by atoms with Gasteiger partial charge >= 0.3 is 0 Å². The minimum absolute atomic E-state index is 0.168. The summed E-state index contributed by atoms with van der Waals surface area (Å²) in [6.07, 6.45) is 8.42. The number of carbonyl (C=O) groups is 1. The van der Waals surface area contributed by atoms with Crippen LogP contribution >= 0.6 is 11.6 Å². The van der Waals surface area contributed by atoms with Gasteiger partial charge in [-0.25, -0.2) is 0 Å². The van der Waals surface area contributed by atoms with E-state index >= 15 is 0 Å². The molecule has 0 spiro atoms. The van der Waals surface area contributed by atoms with Crippen molar-refractivity contribution in [3.8, 4) is 0 Å². The van der Waals surface area contributed by atoms with Gasteiger partial charge in [-0.3, -0.25) is 4.79 Å². The molecule has 0 radical (unpaired) electrons. The van der Waals surface area contributed by atoms with Gasteiger partial charge in [-0.1, -0.05) is 37.8 Å². The third kappa shape index (κ3) is 4.52. The Morgan fingerprint density at radius 1 is 1.20 bits per heavy atom. The maximum absolute atomic E-state index is 12.2.